The van der Waals surface area contributed by atoms with Gasteiger partial charge in [0.15, 0.2) is 11.3 Å². The summed E-state index contributed by atoms with van der Waals surface area (Å²) in [6.45, 7) is 3.85. The molecule has 0 fully saturated rings. The van der Waals surface area contributed by atoms with Crippen LogP contribution < -0.4 is 11.1 Å². The van der Waals surface area contributed by atoms with Gasteiger partial charge in [0, 0.05) is 50.8 Å². The lowest BCUT2D eigenvalue weighted by Crippen LogP contribution is -2.14. The molecule has 0 saturated carbocycles. The Morgan fingerprint density at radius 2 is 0.958 bits per heavy atom. The van der Waals surface area contributed by atoms with Gasteiger partial charge in [0.05, 0.1) is 11.4 Å². The lowest BCUT2D eigenvalue weighted by molar-refractivity contribution is 0.628. The number of benzene rings is 4. The van der Waals surface area contributed by atoms with Gasteiger partial charge in [-0.2, -0.15) is 0 Å². The molecule has 8 rings (SSSR count). The summed E-state index contributed by atoms with van der Waals surface area (Å²) in [5.41, 5.74) is 9.14. The minimum Gasteiger partial charge on any atom is -0.293 e. The number of H-pyrrole nitrogens is 2. The van der Waals surface area contributed by atoms with Gasteiger partial charge in [-0.1, -0.05) is 84.4 Å². The Balaban J connectivity index is 0.000000152. The highest BCUT2D eigenvalue weighted by atomic mass is 35.5. The highest BCUT2D eigenvalue weighted by Crippen LogP contribution is 2.29. The summed E-state index contributed by atoms with van der Waals surface area (Å²) in [4.78, 5) is 34.3. The van der Waals surface area contributed by atoms with Crippen LogP contribution in [0.5, 0.6) is 0 Å². The van der Waals surface area contributed by atoms with Crippen LogP contribution in [0.3, 0.4) is 0 Å². The van der Waals surface area contributed by atoms with Crippen molar-refractivity contribution >= 4 is 22.9 Å². The molecule has 8 nitrogen and oxygen atoms in total. The fourth-order valence-corrected chi connectivity index (χ4v) is 5.86. The quantitative estimate of drug-likeness (QED) is 0.200. The SMILES string of the molecule is Cc1[nH]n2c(=O)cc(-c3ccc(Cl)cc3)nc2c1-c1ccccc1.Cc1[nH]n2c(=O)cc(-c3ccc(F)cc3)nc2c1-c1ccccc1. The van der Waals surface area contributed by atoms with Gasteiger partial charge in [-0.05, 0) is 61.4 Å². The first-order valence-electron chi connectivity index (χ1n) is 15.1. The number of hydrogen-bond donors (Lipinski definition) is 2. The van der Waals surface area contributed by atoms with Crippen LogP contribution in [-0.2, 0) is 0 Å². The molecule has 4 aromatic heterocycles. The molecule has 0 radical (unpaired) electrons. The second kappa shape index (κ2) is 12.6. The molecule has 0 aliphatic carbocycles. The van der Waals surface area contributed by atoms with Gasteiger partial charge in [0.2, 0.25) is 0 Å². The zero-order valence-electron chi connectivity index (χ0n) is 25.9. The number of nitrogens with one attached hydrogen (secondary N) is 2. The number of aryl methyl sites for hydroxylation is 2. The maximum absolute atomic E-state index is 13.1. The van der Waals surface area contributed by atoms with Crippen LogP contribution in [0.2, 0.25) is 5.02 Å². The first-order valence-corrected chi connectivity index (χ1v) is 15.5. The summed E-state index contributed by atoms with van der Waals surface area (Å²) in [6.07, 6.45) is 0. The Labute approximate surface area is 278 Å². The van der Waals surface area contributed by atoms with Gasteiger partial charge in [-0.25, -0.2) is 23.4 Å². The zero-order valence-corrected chi connectivity index (χ0v) is 26.7. The van der Waals surface area contributed by atoms with Crippen molar-refractivity contribution in [3.63, 3.8) is 0 Å². The van der Waals surface area contributed by atoms with Gasteiger partial charge >= 0.3 is 0 Å². The van der Waals surface area contributed by atoms with E-state index in [-0.39, 0.29) is 16.9 Å². The summed E-state index contributed by atoms with van der Waals surface area (Å²) in [5.74, 6) is -0.320. The molecule has 0 spiro atoms. The van der Waals surface area contributed by atoms with E-state index in [0.29, 0.717) is 33.3 Å². The molecule has 0 aliphatic rings. The van der Waals surface area contributed by atoms with Gasteiger partial charge in [-0.3, -0.25) is 19.8 Å². The summed E-state index contributed by atoms with van der Waals surface area (Å²) >= 11 is 5.94. The normalized spacial score (nSPS) is 11.1. The van der Waals surface area contributed by atoms with Crippen LogP contribution in [0.1, 0.15) is 11.4 Å². The van der Waals surface area contributed by atoms with Crippen molar-refractivity contribution in [3.8, 4) is 44.8 Å². The van der Waals surface area contributed by atoms with E-state index in [4.69, 9.17) is 16.6 Å². The van der Waals surface area contributed by atoms with Gasteiger partial charge in [0.1, 0.15) is 5.82 Å². The average molecular weight is 655 g/mol. The molecule has 0 bridgehead atoms. The molecule has 4 heterocycles. The summed E-state index contributed by atoms with van der Waals surface area (Å²) in [6, 6.07) is 36.0. The summed E-state index contributed by atoms with van der Waals surface area (Å²) in [7, 11) is 0. The maximum Gasteiger partial charge on any atom is 0.273 e. The highest BCUT2D eigenvalue weighted by Gasteiger charge is 2.16. The molecular weight excluding hydrogens is 627 g/mol. The summed E-state index contributed by atoms with van der Waals surface area (Å²) < 4.78 is 16.1. The minimum atomic E-state index is -0.320. The fourth-order valence-electron chi connectivity index (χ4n) is 5.74. The van der Waals surface area contributed by atoms with Crippen molar-refractivity contribution in [3.05, 3.63) is 164 Å². The Morgan fingerprint density at radius 3 is 1.38 bits per heavy atom. The minimum absolute atomic E-state index is 0.143. The monoisotopic (exact) mass is 654 g/mol. The van der Waals surface area contributed by atoms with Crippen LogP contribution in [0.15, 0.2) is 131 Å². The Morgan fingerprint density at radius 1 is 0.562 bits per heavy atom. The summed E-state index contributed by atoms with van der Waals surface area (Å²) in [5, 5.41) is 6.82. The second-order valence-corrected chi connectivity index (χ2v) is 11.7. The molecule has 236 valence electrons. The van der Waals surface area contributed by atoms with Crippen molar-refractivity contribution in [1.29, 1.82) is 0 Å². The van der Waals surface area contributed by atoms with E-state index in [1.54, 1.807) is 24.3 Å². The van der Waals surface area contributed by atoms with Crippen molar-refractivity contribution in [1.82, 2.24) is 29.2 Å². The molecule has 2 N–H and O–H groups in total. The third-order valence-electron chi connectivity index (χ3n) is 8.00. The molecule has 8 aromatic rings. The number of halogens is 2. The van der Waals surface area contributed by atoms with Crippen molar-refractivity contribution in [2.45, 2.75) is 13.8 Å². The molecular formula is C38H28ClFN6O2. The largest absolute Gasteiger partial charge is 0.293 e. The number of nitrogens with zero attached hydrogens (tertiary/aromatic N) is 4. The van der Waals surface area contributed by atoms with Crippen LogP contribution in [0.4, 0.5) is 4.39 Å². The lowest BCUT2D eigenvalue weighted by Gasteiger charge is -2.04. The molecule has 0 amide bonds. The number of rotatable bonds is 4. The van der Waals surface area contributed by atoms with E-state index in [2.05, 4.69) is 15.2 Å². The van der Waals surface area contributed by atoms with Crippen molar-refractivity contribution in [2.24, 2.45) is 0 Å². The third kappa shape index (κ3) is 5.83. The molecule has 0 atom stereocenters. The highest BCUT2D eigenvalue weighted by molar-refractivity contribution is 6.30. The number of aromatic nitrogens is 6. The first kappa shape index (κ1) is 30.6. The Bertz CT molecular complexity index is 2340. The van der Waals surface area contributed by atoms with Gasteiger partial charge in [-0.15, -0.1) is 0 Å². The number of aromatic amines is 2. The van der Waals surface area contributed by atoms with Crippen molar-refractivity contribution in [2.75, 3.05) is 0 Å². The predicted octanol–water partition coefficient (Wildman–Crippen LogP) is 8.12. The molecule has 0 saturated heterocycles. The average Bonchev–Trinajstić information content (AvgIpc) is 3.62. The van der Waals surface area contributed by atoms with E-state index in [1.807, 2.05) is 86.6 Å². The number of hydrogen-bond acceptors (Lipinski definition) is 4. The van der Waals surface area contributed by atoms with Crippen LogP contribution in [-0.4, -0.2) is 29.2 Å². The molecule has 48 heavy (non-hydrogen) atoms. The number of fused-ring (bicyclic) bond motifs is 2. The van der Waals surface area contributed by atoms with Crippen molar-refractivity contribution < 1.29 is 4.39 Å². The van der Waals surface area contributed by atoms with E-state index < -0.39 is 0 Å². The standard InChI is InChI=1S/C19H14ClN3O.C19H14FN3O/c2*1-12-18(14-5-3-2-4-6-14)19-21-16(11-17(24)23(19)22-12)13-7-9-15(20)10-8-13/h2*2-11,22H,1H3. The topological polar surface area (TPSA) is 100 Å². The van der Waals surface area contributed by atoms with E-state index >= 15 is 0 Å². The van der Waals surface area contributed by atoms with E-state index in [1.165, 1.54) is 33.3 Å². The van der Waals surface area contributed by atoms with Gasteiger partial charge < -0.3 is 0 Å². The Hall–Kier alpha value is -6.06. The smallest absolute Gasteiger partial charge is 0.273 e. The first-order chi connectivity index (χ1) is 23.3. The van der Waals surface area contributed by atoms with Crippen LogP contribution in [0, 0.1) is 19.7 Å². The van der Waals surface area contributed by atoms with E-state index in [9.17, 15) is 14.0 Å². The predicted molar refractivity (Wildman–Crippen MR) is 188 cm³/mol. The molecule has 4 aromatic carbocycles. The van der Waals surface area contributed by atoms with Gasteiger partial charge in [0.25, 0.3) is 11.1 Å². The Kier molecular flexibility index (Phi) is 8.04. The van der Waals surface area contributed by atoms with Crippen LogP contribution in [0.25, 0.3) is 56.1 Å². The molecule has 10 heteroatoms. The van der Waals surface area contributed by atoms with Crippen LogP contribution >= 0.6 is 11.6 Å². The second-order valence-electron chi connectivity index (χ2n) is 11.2. The molecule has 0 aliphatic heterocycles. The molecule has 0 unspecified atom stereocenters. The maximum atomic E-state index is 13.1. The van der Waals surface area contributed by atoms with E-state index in [0.717, 1.165) is 39.2 Å². The zero-order chi connectivity index (χ0) is 33.4. The lowest BCUT2D eigenvalue weighted by atomic mass is 10.1. The fraction of sp³-hybridized carbons (Fsp3) is 0.0526. The third-order valence-corrected chi connectivity index (χ3v) is 8.25.